The van der Waals surface area contributed by atoms with E-state index in [1.807, 2.05) is 0 Å². The lowest BCUT2D eigenvalue weighted by molar-refractivity contribution is 0.303. The van der Waals surface area contributed by atoms with Gasteiger partial charge in [-0.1, -0.05) is 18.9 Å². The second kappa shape index (κ2) is 5.30. The highest BCUT2D eigenvalue weighted by Gasteiger charge is 2.26. The Kier molecular flexibility index (Phi) is 3.77. The van der Waals surface area contributed by atoms with E-state index in [0.717, 1.165) is 18.9 Å². The fraction of sp³-hybridized carbons (Fsp3) is 0.818. The second-order valence-corrected chi connectivity index (χ2v) is 4.60. The lowest BCUT2D eigenvalue weighted by Gasteiger charge is -2.32. The summed E-state index contributed by atoms with van der Waals surface area (Å²) < 4.78 is 5.48. The molecule has 0 aromatic carbocycles. The van der Waals surface area contributed by atoms with E-state index in [2.05, 4.69) is 34.7 Å². The highest BCUT2D eigenvalue weighted by molar-refractivity contribution is 5.21. The van der Waals surface area contributed by atoms with Crippen LogP contribution in [0.15, 0.2) is 4.42 Å². The first-order chi connectivity index (χ1) is 7.78. The number of nitrogens with zero attached hydrogens (tertiary/aromatic N) is 2. The molecule has 1 heterocycles. The van der Waals surface area contributed by atoms with Crippen LogP contribution in [0, 0.1) is 5.92 Å². The number of hydrogen-bond acceptors (Lipinski definition) is 5. The van der Waals surface area contributed by atoms with Crippen molar-refractivity contribution in [2.75, 3.05) is 11.9 Å². The van der Waals surface area contributed by atoms with Crippen molar-refractivity contribution in [3.05, 3.63) is 5.89 Å². The summed E-state index contributed by atoms with van der Waals surface area (Å²) in [6.07, 6.45) is 3.51. The van der Waals surface area contributed by atoms with Gasteiger partial charge in [-0.05, 0) is 31.7 Å². The predicted molar refractivity (Wildman–Crippen MR) is 62.1 cm³/mol. The Hall–Kier alpha value is -1.10. The first-order valence-corrected chi connectivity index (χ1v) is 6.07. The SMILES string of the molecule is CCCNCc1nnc(NC2CC(C)C2)o1. The zero-order valence-corrected chi connectivity index (χ0v) is 9.99. The average Bonchev–Trinajstić information content (AvgIpc) is 2.64. The van der Waals surface area contributed by atoms with Crippen molar-refractivity contribution in [1.82, 2.24) is 15.5 Å². The van der Waals surface area contributed by atoms with E-state index in [1.54, 1.807) is 0 Å². The standard InChI is InChI=1S/C11H20N4O/c1-3-4-12-7-10-14-15-11(16-10)13-9-5-8(2)6-9/h8-9,12H,3-7H2,1-2H3,(H,13,15). The molecule has 5 nitrogen and oxygen atoms in total. The Morgan fingerprint density at radius 3 is 2.88 bits per heavy atom. The van der Waals surface area contributed by atoms with Crippen molar-refractivity contribution in [3.8, 4) is 0 Å². The molecule has 1 aromatic rings. The van der Waals surface area contributed by atoms with Crippen molar-refractivity contribution in [2.45, 2.75) is 45.7 Å². The number of nitrogens with one attached hydrogen (secondary N) is 2. The Morgan fingerprint density at radius 1 is 1.38 bits per heavy atom. The van der Waals surface area contributed by atoms with E-state index in [-0.39, 0.29) is 0 Å². The van der Waals surface area contributed by atoms with Gasteiger partial charge in [0.25, 0.3) is 0 Å². The summed E-state index contributed by atoms with van der Waals surface area (Å²) >= 11 is 0. The van der Waals surface area contributed by atoms with Crippen molar-refractivity contribution in [3.63, 3.8) is 0 Å². The van der Waals surface area contributed by atoms with Gasteiger partial charge in [-0.15, -0.1) is 5.10 Å². The monoisotopic (exact) mass is 224 g/mol. The maximum absolute atomic E-state index is 5.48. The molecule has 1 saturated carbocycles. The first kappa shape index (κ1) is 11.4. The van der Waals surface area contributed by atoms with E-state index < -0.39 is 0 Å². The van der Waals surface area contributed by atoms with Gasteiger partial charge < -0.3 is 15.1 Å². The van der Waals surface area contributed by atoms with Crippen molar-refractivity contribution in [2.24, 2.45) is 5.92 Å². The van der Waals surface area contributed by atoms with Gasteiger partial charge in [0.2, 0.25) is 5.89 Å². The molecule has 0 saturated heterocycles. The largest absolute Gasteiger partial charge is 0.407 e. The third kappa shape index (κ3) is 2.95. The summed E-state index contributed by atoms with van der Waals surface area (Å²) in [6, 6.07) is 1.08. The molecule has 0 bridgehead atoms. The molecule has 1 fully saturated rings. The van der Waals surface area contributed by atoms with Gasteiger partial charge in [0, 0.05) is 6.04 Å². The van der Waals surface area contributed by atoms with E-state index >= 15 is 0 Å². The van der Waals surface area contributed by atoms with Crippen LogP contribution < -0.4 is 10.6 Å². The molecule has 5 heteroatoms. The molecule has 16 heavy (non-hydrogen) atoms. The van der Waals surface area contributed by atoms with Crippen LogP contribution in [0.5, 0.6) is 0 Å². The number of anilines is 1. The molecule has 2 rings (SSSR count). The summed E-state index contributed by atoms with van der Waals surface area (Å²) in [4.78, 5) is 0. The molecular weight excluding hydrogens is 204 g/mol. The quantitative estimate of drug-likeness (QED) is 0.721. The summed E-state index contributed by atoms with van der Waals surface area (Å²) in [6.45, 7) is 6.02. The van der Waals surface area contributed by atoms with Crippen LogP contribution in [0.1, 0.15) is 39.0 Å². The molecule has 1 aromatic heterocycles. The fourth-order valence-electron chi connectivity index (χ4n) is 1.95. The van der Waals surface area contributed by atoms with Gasteiger partial charge in [-0.2, -0.15) is 0 Å². The average molecular weight is 224 g/mol. The molecule has 0 unspecified atom stereocenters. The zero-order valence-electron chi connectivity index (χ0n) is 9.99. The number of aromatic nitrogens is 2. The smallest absolute Gasteiger partial charge is 0.315 e. The maximum atomic E-state index is 5.48. The van der Waals surface area contributed by atoms with Gasteiger partial charge in [0.05, 0.1) is 6.54 Å². The van der Waals surface area contributed by atoms with E-state index in [4.69, 9.17) is 4.42 Å². The first-order valence-electron chi connectivity index (χ1n) is 6.07. The molecule has 2 N–H and O–H groups in total. The van der Waals surface area contributed by atoms with Crippen molar-refractivity contribution < 1.29 is 4.42 Å². The van der Waals surface area contributed by atoms with Gasteiger partial charge in [-0.25, -0.2) is 0 Å². The predicted octanol–water partition coefficient (Wildman–Crippen LogP) is 1.78. The van der Waals surface area contributed by atoms with Crippen LogP contribution in [0.25, 0.3) is 0 Å². The van der Waals surface area contributed by atoms with E-state index in [1.165, 1.54) is 12.8 Å². The van der Waals surface area contributed by atoms with Crippen LogP contribution in [-0.4, -0.2) is 22.8 Å². The Morgan fingerprint density at radius 2 is 2.19 bits per heavy atom. The molecule has 1 aliphatic carbocycles. The second-order valence-electron chi connectivity index (χ2n) is 4.60. The third-order valence-corrected chi connectivity index (χ3v) is 2.87. The molecule has 0 atom stereocenters. The highest BCUT2D eigenvalue weighted by atomic mass is 16.4. The zero-order chi connectivity index (χ0) is 11.4. The lowest BCUT2D eigenvalue weighted by atomic mass is 9.82. The van der Waals surface area contributed by atoms with Crippen molar-refractivity contribution in [1.29, 1.82) is 0 Å². The summed E-state index contributed by atoms with van der Waals surface area (Å²) in [5.41, 5.74) is 0. The molecular formula is C11H20N4O. The minimum Gasteiger partial charge on any atom is -0.407 e. The summed E-state index contributed by atoms with van der Waals surface area (Å²) in [7, 11) is 0. The highest BCUT2D eigenvalue weighted by Crippen LogP contribution is 2.28. The topological polar surface area (TPSA) is 63.0 Å². The van der Waals surface area contributed by atoms with Crippen LogP contribution in [0.3, 0.4) is 0 Å². The molecule has 0 amide bonds. The molecule has 0 radical (unpaired) electrons. The summed E-state index contributed by atoms with van der Waals surface area (Å²) in [5, 5.41) is 14.4. The van der Waals surface area contributed by atoms with Gasteiger partial charge in [0.1, 0.15) is 0 Å². The number of rotatable bonds is 6. The molecule has 0 spiro atoms. The lowest BCUT2D eigenvalue weighted by Crippen LogP contribution is -2.33. The Bertz CT molecular complexity index is 320. The van der Waals surface area contributed by atoms with Crippen LogP contribution in [0.2, 0.25) is 0 Å². The van der Waals surface area contributed by atoms with Gasteiger partial charge >= 0.3 is 6.01 Å². The molecule has 0 aliphatic heterocycles. The Labute approximate surface area is 96.0 Å². The van der Waals surface area contributed by atoms with Gasteiger partial charge in [-0.3, -0.25) is 0 Å². The van der Waals surface area contributed by atoms with E-state index in [9.17, 15) is 0 Å². The third-order valence-electron chi connectivity index (χ3n) is 2.87. The van der Waals surface area contributed by atoms with Crippen molar-refractivity contribution >= 4 is 6.01 Å². The molecule has 90 valence electrons. The fourth-order valence-corrected chi connectivity index (χ4v) is 1.95. The van der Waals surface area contributed by atoms with E-state index in [0.29, 0.717) is 24.5 Å². The minimum absolute atomic E-state index is 0.520. The normalized spacial score (nSPS) is 24.1. The maximum Gasteiger partial charge on any atom is 0.315 e. The number of hydrogen-bond donors (Lipinski definition) is 2. The Balaban J connectivity index is 1.74. The minimum atomic E-state index is 0.520. The van der Waals surface area contributed by atoms with Gasteiger partial charge in [0.15, 0.2) is 0 Å². The van der Waals surface area contributed by atoms with Crippen LogP contribution in [-0.2, 0) is 6.54 Å². The van der Waals surface area contributed by atoms with Crippen LogP contribution >= 0.6 is 0 Å². The van der Waals surface area contributed by atoms with Crippen LogP contribution in [0.4, 0.5) is 6.01 Å². The summed E-state index contributed by atoms with van der Waals surface area (Å²) in [5.74, 6) is 1.48. The molecule has 1 aliphatic rings.